The van der Waals surface area contributed by atoms with Crippen LogP contribution in [0.15, 0.2) is 9.41 Å². The molecule has 22 heavy (non-hydrogen) atoms. The number of nitrogens with zero attached hydrogens (tertiary/aromatic N) is 2. The van der Waals surface area contributed by atoms with Crippen molar-refractivity contribution in [3.63, 3.8) is 0 Å². The highest BCUT2D eigenvalue weighted by molar-refractivity contribution is 5.79. The Balaban J connectivity index is 1.58. The van der Waals surface area contributed by atoms with Crippen molar-refractivity contribution in [2.24, 2.45) is 4.99 Å². The fourth-order valence-corrected chi connectivity index (χ4v) is 2.58. The van der Waals surface area contributed by atoms with Gasteiger partial charge in [-0.3, -0.25) is 4.99 Å². The first-order chi connectivity index (χ1) is 10.7. The zero-order chi connectivity index (χ0) is 15.8. The highest BCUT2D eigenvalue weighted by Crippen LogP contribution is 2.20. The second-order valence-corrected chi connectivity index (χ2v) is 5.73. The summed E-state index contributed by atoms with van der Waals surface area (Å²) in [6, 6.07) is 0. The van der Waals surface area contributed by atoms with Crippen molar-refractivity contribution in [3.05, 3.63) is 17.3 Å². The standard InChI is InChI=1S/C16H28N4O2/c1-12-13(2)22-15(20-12)11-19-16(17-3)18-9-6-10-21-14-7-4-5-8-14/h14H,4-11H2,1-3H3,(H2,17,18,19). The summed E-state index contributed by atoms with van der Waals surface area (Å²) in [5.41, 5.74) is 0.934. The third-order valence-electron chi connectivity index (χ3n) is 3.97. The molecule has 1 heterocycles. The number of guanidine groups is 1. The molecule has 1 saturated carbocycles. The maximum absolute atomic E-state index is 5.84. The zero-order valence-corrected chi connectivity index (χ0v) is 13.9. The quantitative estimate of drug-likeness (QED) is 0.459. The van der Waals surface area contributed by atoms with Crippen LogP contribution in [0.25, 0.3) is 0 Å². The van der Waals surface area contributed by atoms with E-state index in [1.807, 2.05) is 13.8 Å². The van der Waals surface area contributed by atoms with E-state index >= 15 is 0 Å². The Morgan fingerprint density at radius 3 is 2.73 bits per heavy atom. The second-order valence-electron chi connectivity index (χ2n) is 5.73. The predicted octanol–water partition coefficient (Wildman–Crippen LogP) is 2.31. The van der Waals surface area contributed by atoms with Crippen molar-refractivity contribution >= 4 is 5.96 Å². The summed E-state index contributed by atoms with van der Waals surface area (Å²) in [6.07, 6.45) is 6.57. The fourth-order valence-electron chi connectivity index (χ4n) is 2.58. The smallest absolute Gasteiger partial charge is 0.214 e. The number of nitrogens with one attached hydrogen (secondary N) is 2. The third-order valence-corrected chi connectivity index (χ3v) is 3.97. The minimum absolute atomic E-state index is 0.494. The van der Waals surface area contributed by atoms with Gasteiger partial charge in [0.25, 0.3) is 0 Å². The predicted molar refractivity (Wildman–Crippen MR) is 87.0 cm³/mol. The van der Waals surface area contributed by atoms with Gasteiger partial charge in [-0.15, -0.1) is 0 Å². The first kappa shape index (κ1) is 16.8. The van der Waals surface area contributed by atoms with Gasteiger partial charge < -0.3 is 19.8 Å². The molecule has 0 aliphatic heterocycles. The first-order valence-corrected chi connectivity index (χ1v) is 8.18. The van der Waals surface area contributed by atoms with Crippen LogP contribution in [0.3, 0.4) is 0 Å². The second kappa shape index (κ2) is 8.78. The molecule has 1 fully saturated rings. The van der Waals surface area contributed by atoms with Crippen LogP contribution in [0.2, 0.25) is 0 Å². The van der Waals surface area contributed by atoms with E-state index in [0.29, 0.717) is 18.5 Å². The van der Waals surface area contributed by atoms with E-state index < -0.39 is 0 Å². The topological polar surface area (TPSA) is 71.7 Å². The molecule has 0 unspecified atom stereocenters. The van der Waals surface area contributed by atoms with Crippen LogP contribution < -0.4 is 10.6 Å². The molecule has 1 aromatic heterocycles. The average Bonchev–Trinajstić information content (AvgIpc) is 3.12. The molecular formula is C16H28N4O2. The van der Waals surface area contributed by atoms with Crippen LogP contribution in [-0.4, -0.2) is 37.2 Å². The Hall–Kier alpha value is -1.56. The van der Waals surface area contributed by atoms with Crippen LogP contribution in [0.4, 0.5) is 0 Å². The molecule has 2 rings (SSSR count). The molecular weight excluding hydrogens is 280 g/mol. The Morgan fingerprint density at radius 1 is 1.32 bits per heavy atom. The number of aliphatic imine (C=N–C) groups is 1. The van der Waals surface area contributed by atoms with E-state index in [1.165, 1.54) is 25.7 Å². The molecule has 1 aromatic rings. The lowest BCUT2D eigenvalue weighted by atomic mass is 10.3. The molecule has 0 atom stereocenters. The van der Waals surface area contributed by atoms with E-state index in [2.05, 4.69) is 20.6 Å². The molecule has 124 valence electrons. The van der Waals surface area contributed by atoms with Gasteiger partial charge in [0.05, 0.1) is 18.3 Å². The number of oxazole rings is 1. The Labute approximate surface area is 132 Å². The highest BCUT2D eigenvalue weighted by atomic mass is 16.5. The van der Waals surface area contributed by atoms with Crippen molar-refractivity contribution < 1.29 is 9.15 Å². The van der Waals surface area contributed by atoms with E-state index in [-0.39, 0.29) is 0 Å². The molecule has 0 spiro atoms. The monoisotopic (exact) mass is 308 g/mol. The van der Waals surface area contributed by atoms with Crippen molar-refractivity contribution in [1.29, 1.82) is 0 Å². The normalized spacial score (nSPS) is 16.2. The first-order valence-electron chi connectivity index (χ1n) is 8.18. The SMILES string of the molecule is CN=C(NCCCOC1CCCC1)NCc1nc(C)c(C)o1. The Kier molecular flexibility index (Phi) is 6.71. The summed E-state index contributed by atoms with van der Waals surface area (Å²) >= 11 is 0. The van der Waals surface area contributed by atoms with Gasteiger partial charge in [0, 0.05) is 20.2 Å². The summed E-state index contributed by atoms with van der Waals surface area (Å²) in [5, 5.41) is 6.48. The maximum Gasteiger partial charge on any atom is 0.214 e. The molecule has 6 nitrogen and oxygen atoms in total. The number of hydrogen-bond acceptors (Lipinski definition) is 4. The van der Waals surface area contributed by atoms with Crippen LogP contribution in [0.5, 0.6) is 0 Å². The summed E-state index contributed by atoms with van der Waals surface area (Å²) in [6.45, 7) is 6.05. The van der Waals surface area contributed by atoms with Crippen LogP contribution in [0.1, 0.15) is 49.4 Å². The lowest BCUT2D eigenvalue weighted by Crippen LogP contribution is -2.37. The molecule has 6 heteroatoms. The lowest BCUT2D eigenvalue weighted by molar-refractivity contribution is 0.0574. The number of aromatic nitrogens is 1. The van der Waals surface area contributed by atoms with Gasteiger partial charge in [-0.25, -0.2) is 4.98 Å². The fraction of sp³-hybridized carbons (Fsp3) is 0.750. The molecule has 1 aliphatic rings. The van der Waals surface area contributed by atoms with Gasteiger partial charge in [-0.1, -0.05) is 12.8 Å². The molecule has 0 radical (unpaired) electrons. The molecule has 0 bridgehead atoms. The van der Waals surface area contributed by atoms with Crippen molar-refractivity contribution in [2.45, 2.75) is 58.6 Å². The molecule has 0 saturated heterocycles. The summed E-state index contributed by atoms with van der Waals surface area (Å²) < 4.78 is 11.4. The van der Waals surface area contributed by atoms with Crippen molar-refractivity contribution in [2.75, 3.05) is 20.2 Å². The number of ether oxygens (including phenoxy) is 1. The highest BCUT2D eigenvalue weighted by Gasteiger charge is 2.14. The van der Waals surface area contributed by atoms with E-state index in [4.69, 9.17) is 9.15 Å². The van der Waals surface area contributed by atoms with Gasteiger partial charge in [-0.2, -0.15) is 0 Å². The molecule has 1 aliphatic carbocycles. The van der Waals surface area contributed by atoms with Crippen molar-refractivity contribution in [1.82, 2.24) is 15.6 Å². The average molecular weight is 308 g/mol. The molecule has 2 N–H and O–H groups in total. The van der Waals surface area contributed by atoms with Gasteiger partial charge in [0.2, 0.25) is 5.89 Å². The van der Waals surface area contributed by atoms with E-state index in [0.717, 1.165) is 37.0 Å². The van der Waals surface area contributed by atoms with Gasteiger partial charge in [0.1, 0.15) is 5.76 Å². The number of rotatable bonds is 7. The Morgan fingerprint density at radius 2 is 2.09 bits per heavy atom. The molecule has 0 aromatic carbocycles. The third kappa shape index (κ3) is 5.33. The summed E-state index contributed by atoms with van der Waals surface area (Å²) in [7, 11) is 1.76. The van der Waals surface area contributed by atoms with Crippen LogP contribution in [0, 0.1) is 13.8 Å². The minimum atomic E-state index is 0.494. The Bertz CT molecular complexity index is 459. The number of hydrogen-bond donors (Lipinski definition) is 2. The largest absolute Gasteiger partial charge is 0.444 e. The summed E-state index contributed by atoms with van der Waals surface area (Å²) in [5.74, 6) is 2.31. The van der Waals surface area contributed by atoms with Crippen molar-refractivity contribution in [3.8, 4) is 0 Å². The lowest BCUT2D eigenvalue weighted by Gasteiger charge is -2.13. The minimum Gasteiger partial charge on any atom is -0.444 e. The van der Waals surface area contributed by atoms with Gasteiger partial charge in [-0.05, 0) is 33.1 Å². The van der Waals surface area contributed by atoms with Crippen LogP contribution >= 0.6 is 0 Å². The number of aryl methyl sites for hydroxylation is 2. The van der Waals surface area contributed by atoms with Gasteiger partial charge >= 0.3 is 0 Å². The van der Waals surface area contributed by atoms with Crippen LogP contribution in [-0.2, 0) is 11.3 Å². The maximum atomic E-state index is 5.84. The van der Waals surface area contributed by atoms with E-state index in [9.17, 15) is 0 Å². The summed E-state index contributed by atoms with van der Waals surface area (Å²) in [4.78, 5) is 8.53. The van der Waals surface area contributed by atoms with Gasteiger partial charge in [0.15, 0.2) is 5.96 Å². The zero-order valence-electron chi connectivity index (χ0n) is 13.9. The molecule has 0 amide bonds. The van der Waals surface area contributed by atoms with E-state index in [1.54, 1.807) is 7.05 Å².